The molecule has 0 N–H and O–H groups in total. The summed E-state index contributed by atoms with van der Waals surface area (Å²) >= 11 is 0. The van der Waals surface area contributed by atoms with Crippen LogP contribution in [0.3, 0.4) is 0 Å². The zero-order valence-corrected chi connectivity index (χ0v) is 14.4. The summed E-state index contributed by atoms with van der Waals surface area (Å²) in [6.45, 7) is 8.51. The van der Waals surface area contributed by atoms with Crippen LogP contribution in [0.15, 0.2) is 30.3 Å². The van der Waals surface area contributed by atoms with E-state index in [1.165, 1.54) is 24.1 Å². The minimum Gasteiger partial charge on any atom is -0.485 e. The summed E-state index contributed by atoms with van der Waals surface area (Å²) in [5.41, 5.74) is 4.28. The SMILES string of the molecule is Cc1cc(C(=O)COc2cccc(C(C)C)c2)c(C)n1C1CC1. The van der Waals surface area contributed by atoms with Crippen molar-refractivity contribution in [3.63, 3.8) is 0 Å². The first-order valence-electron chi connectivity index (χ1n) is 8.41. The van der Waals surface area contributed by atoms with Crippen LogP contribution >= 0.6 is 0 Å². The molecule has 3 nitrogen and oxygen atoms in total. The fraction of sp³-hybridized carbons (Fsp3) is 0.450. The molecule has 0 bridgehead atoms. The molecule has 1 aliphatic carbocycles. The zero-order chi connectivity index (χ0) is 16.6. The highest BCUT2D eigenvalue weighted by Crippen LogP contribution is 2.38. The average molecular weight is 311 g/mol. The summed E-state index contributed by atoms with van der Waals surface area (Å²) in [4.78, 5) is 12.5. The lowest BCUT2D eigenvalue weighted by atomic mass is 10.0. The van der Waals surface area contributed by atoms with Crippen LogP contribution in [-0.2, 0) is 0 Å². The molecule has 0 aliphatic heterocycles. The van der Waals surface area contributed by atoms with Gasteiger partial charge in [0.15, 0.2) is 6.61 Å². The number of rotatable bonds is 6. The van der Waals surface area contributed by atoms with Gasteiger partial charge in [0.05, 0.1) is 0 Å². The van der Waals surface area contributed by atoms with E-state index in [0.717, 1.165) is 17.0 Å². The van der Waals surface area contributed by atoms with Crippen molar-refractivity contribution in [1.82, 2.24) is 4.57 Å². The Labute approximate surface area is 138 Å². The number of carbonyl (C=O) groups excluding carboxylic acids is 1. The minimum atomic E-state index is 0.0555. The second-order valence-corrected chi connectivity index (χ2v) is 6.83. The topological polar surface area (TPSA) is 31.2 Å². The van der Waals surface area contributed by atoms with Crippen LogP contribution < -0.4 is 4.74 Å². The van der Waals surface area contributed by atoms with E-state index in [1.807, 2.05) is 31.2 Å². The van der Waals surface area contributed by atoms with Crippen LogP contribution in [0.25, 0.3) is 0 Å². The normalized spacial score (nSPS) is 14.3. The molecular weight excluding hydrogens is 286 g/mol. The molecule has 23 heavy (non-hydrogen) atoms. The summed E-state index contributed by atoms with van der Waals surface area (Å²) in [7, 11) is 0. The highest BCUT2D eigenvalue weighted by molar-refractivity contribution is 5.98. The van der Waals surface area contributed by atoms with Gasteiger partial charge in [0.1, 0.15) is 5.75 Å². The van der Waals surface area contributed by atoms with Crippen molar-refractivity contribution in [1.29, 1.82) is 0 Å². The smallest absolute Gasteiger partial charge is 0.202 e. The molecule has 3 heteroatoms. The Hall–Kier alpha value is -2.03. The highest BCUT2D eigenvalue weighted by atomic mass is 16.5. The van der Waals surface area contributed by atoms with Gasteiger partial charge in [-0.25, -0.2) is 0 Å². The molecular formula is C20H25NO2. The third-order valence-electron chi connectivity index (χ3n) is 4.59. The van der Waals surface area contributed by atoms with Crippen LogP contribution in [0.5, 0.6) is 5.75 Å². The number of Topliss-reactive ketones (excluding diaryl/α,β-unsaturated/α-hetero) is 1. The number of aryl methyl sites for hydroxylation is 1. The maximum absolute atomic E-state index is 12.5. The van der Waals surface area contributed by atoms with Gasteiger partial charge in [-0.1, -0.05) is 26.0 Å². The number of ether oxygens (including phenoxy) is 1. The number of hydrogen-bond acceptors (Lipinski definition) is 2. The predicted octanol–water partition coefficient (Wildman–Crippen LogP) is 4.82. The van der Waals surface area contributed by atoms with Crippen LogP contribution in [0.4, 0.5) is 0 Å². The maximum atomic E-state index is 12.5. The average Bonchev–Trinajstić information content (AvgIpc) is 3.31. The summed E-state index contributed by atoms with van der Waals surface area (Å²) in [6, 6.07) is 10.6. The van der Waals surface area contributed by atoms with Gasteiger partial charge in [-0.05, 0) is 56.4 Å². The lowest BCUT2D eigenvalue weighted by Crippen LogP contribution is -2.13. The molecule has 1 aromatic heterocycles. The quantitative estimate of drug-likeness (QED) is 0.716. The zero-order valence-electron chi connectivity index (χ0n) is 14.4. The van der Waals surface area contributed by atoms with E-state index in [9.17, 15) is 4.79 Å². The van der Waals surface area contributed by atoms with Gasteiger partial charge in [-0.2, -0.15) is 0 Å². The van der Waals surface area contributed by atoms with Gasteiger partial charge < -0.3 is 9.30 Å². The lowest BCUT2D eigenvalue weighted by molar-refractivity contribution is 0.0920. The minimum absolute atomic E-state index is 0.0555. The first-order chi connectivity index (χ1) is 11.0. The molecule has 1 aliphatic rings. The summed E-state index contributed by atoms with van der Waals surface area (Å²) in [5.74, 6) is 1.27. The Balaban J connectivity index is 1.70. The molecule has 0 amide bonds. The van der Waals surface area contributed by atoms with Crippen molar-refractivity contribution in [2.75, 3.05) is 6.61 Å². The van der Waals surface area contributed by atoms with Gasteiger partial charge in [0, 0.05) is 23.0 Å². The Bertz CT molecular complexity index is 723. The first kappa shape index (κ1) is 15.9. The molecule has 1 fully saturated rings. The summed E-state index contributed by atoms with van der Waals surface area (Å²) in [6.07, 6.45) is 2.45. The molecule has 0 saturated heterocycles. The number of benzene rings is 1. The van der Waals surface area contributed by atoms with E-state index >= 15 is 0 Å². The Kier molecular flexibility index (Phi) is 4.29. The summed E-state index contributed by atoms with van der Waals surface area (Å²) < 4.78 is 8.03. The van der Waals surface area contributed by atoms with Gasteiger partial charge in [0.2, 0.25) is 5.78 Å². The van der Waals surface area contributed by atoms with Crippen molar-refractivity contribution < 1.29 is 9.53 Å². The summed E-state index contributed by atoms with van der Waals surface area (Å²) in [5, 5.41) is 0. The van der Waals surface area contributed by atoms with Crippen LogP contribution in [0.2, 0.25) is 0 Å². The number of aromatic nitrogens is 1. The fourth-order valence-corrected chi connectivity index (χ4v) is 3.14. The van der Waals surface area contributed by atoms with E-state index in [4.69, 9.17) is 4.74 Å². The van der Waals surface area contributed by atoms with Gasteiger partial charge in [-0.3, -0.25) is 4.79 Å². The molecule has 122 valence electrons. The molecule has 2 aromatic rings. The van der Waals surface area contributed by atoms with Gasteiger partial charge in [-0.15, -0.1) is 0 Å². The molecule has 1 saturated carbocycles. The molecule has 3 rings (SSSR count). The van der Waals surface area contributed by atoms with E-state index in [0.29, 0.717) is 12.0 Å². The fourth-order valence-electron chi connectivity index (χ4n) is 3.14. The molecule has 1 heterocycles. The van der Waals surface area contributed by atoms with Gasteiger partial charge in [0.25, 0.3) is 0 Å². The number of ketones is 1. The second-order valence-electron chi connectivity index (χ2n) is 6.83. The Morgan fingerprint density at radius 1 is 1.26 bits per heavy atom. The number of hydrogen-bond donors (Lipinski definition) is 0. The van der Waals surface area contributed by atoms with E-state index in [2.05, 4.69) is 31.4 Å². The number of nitrogens with zero attached hydrogens (tertiary/aromatic N) is 1. The monoisotopic (exact) mass is 311 g/mol. The molecule has 0 unspecified atom stereocenters. The van der Waals surface area contributed by atoms with Crippen molar-refractivity contribution in [2.45, 2.75) is 52.5 Å². The Morgan fingerprint density at radius 3 is 2.65 bits per heavy atom. The molecule has 0 atom stereocenters. The lowest BCUT2D eigenvalue weighted by Gasteiger charge is -2.10. The van der Waals surface area contributed by atoms with Crippen LogP contribution in [-0.4, -0.2) is 17.0 Å². The van der Waals surface area contributed by atoms with Crippen molar-refractivity contribution in [3.8, 4) is 5.75 Å². The molecule has 0 spiro atoms. The van der Waals surface area contributed by atoms with Gasteiger partial charge >= 0.3 is 0 Å². The van der Waals surface area contributed by atoms with Crippen molar-refractivity contribution in [3.05, 3.63) is 52.8 Å². The van der Waals surface area contributed by atoms with Crippen molar-refractivity contribution >= 4 is 5.78 Å². The molecule has 0 radical (unpaired) electrons. The predicted molar refractivity (Wildman–Crippen MR) is 92.5 cm³/mol. The van der Waals surface area contributed by atoms with Crippen LogP contribution in [0, 0.1) is 13.8 Å². The third-order valence-corrected chi connectivity index (χ3v) is 4.59. The van der Waals surface area contributed by atoms with Crippen LogP contribution in [0.1, 0.15) is 66.0 Å². The second kappa shape index (κ2) is 6.23. The highest BCUT2D eigenvalue weighted by Gasteiger charge is 2.28. The van der Waals surface area contributed by atoms with E-state index in [-0.39, 0.29) is 12.4 Å². The maximum Gasteiger partial charge on any atom is 0.202 e. The largest absolute Gasteiger partial charge is 0.485 e. The molecule has 1 aromatic carbocycles. The van der Waals surface area contributed by atoms with Crippen molar-refractivity contribution in [2.24, 2.45) is 0 Å². The van der Waals surface area contributed by atoms with E-state index in [1.54, 1.807) is 0 Å². The number of carbonyl (C=O) groups is 1. The third kappa shape index (κ3) is 3.34. The first-order valence-corrected chi connectivity index (χ1v) is 8.41. The Morgan fingerprint density at radius 2 is 2.00 bits per heavy atom. The standard InChI is InChI=1S/C20H25NO2/c1-13(2)16-6-5-7-18(11-16)23-12-20(22)19-10-14(3)21(15(19)4)17-8-9-17/h5-7,10-11,13,17H,8-9,12H2,1-4H3. The van der Waals surface area contributed by atoms with E-state index < -0.39 is 0 Å².